The molecule has 1 saturated heterocycles. The van der Waals surface area contributed by atoms with Crippen molar-refractivity contribution in [2.45, 2.75) is 206 Å². The number of carbonyl (C=O) groups is 12. The number of cyclic esters (lactones) is 1. The zero-order valence-electron chi connectivity index (χ0n) is 55.2. The number of likely N-dealkylation sites (N-methyl/N-ethyl adjacent to an activating group) is 1. The highest BCUT2D eigenvalue weighted by atomic mass is 19.3. The lowest BCUT2D eigenvalue weighted by atomic mass is 9.94. The van der Waals surface area contributed by atoms with Gasteiger partial charge in [0.25, 0.3) is 0 Å². The Morgan fingerprint density at radius 3 is 1.61 bits per heavy atom. The summed E-state index contributed by atoms with van der Waals surface area (Å²) in [5.74, 6) is -14.0. The van der Waals surface area contributed by atoms with Crippen LogP contribution in [-0.2, 0) is 68.7 Å². The summed E-state index contributed by atoms with van der Waals surface area (Å²) in [6, 6.07) is 1.31. The van der Waals surface area contributed by atoms with Crippen molar-refractivity contribution >= 4 is 70.9 Å². The largest absolute Gasteiger partial charge is 0.458 e. The van der Waals surface area contributed by atoms with Crippen LogP contribution >= 0.6 is 0 Å². The highest BCUT2D eigenvalue weighted by Gasteiger charge is 2.62. The van der Waals surface area contributed by atoms with Crippen LogP contribution in [0.4, 0.5) is 8.78 Å². The van der Waals surface area contributed by atoms with Crippen LogP contribution in [0.25, 0.3) is 0 Å². The Morgan fingerprint density at radius 2 is 1.12 bits per heavy atom. The third-order valence-corrected chi connectivity index (χ3v) is 17.5. The fourth-order valence-electron chi connectivity index (χ4n) is 10.4. The lowest BCUT2D eigenvalue weighted by molar-refractivity contribution is -0.157. The molecule has 94 heavy (non-hydrogen) atoms. The number of nitrogens with two attached hydrogens (primary N) is 1. The van der Waals surface area contributed by atoms with Crippen molar-refractivity contribution in [3.63, 3.8) is 0 Å². The molecule has 1 saturated carbocycles. The summed E-state index contributed by atoms with van der Waals surface area (Å²) in [7, 11) is 1.58. The molecular formula is C64H96F2N12O16. The molecule has 15 N–H and O–H groups in total. The van der Waals surface area contributed by atoms with Crippen LogP contribution in [-0.4, -0.2) is 180 Å². The lowest BCUT2D eigenvalue weighted by Gasteiger charge is -2.31. The fraction of sp³-hybridized carbons (Fsp3) is 0.625. The number of carbonyl (C=O) groups excluding carboxylic acids is 12. The van der Waals surface area contributed by atoms with Crippen molar-refractivity contribution in [2.24, 2.45) is 35.3 Å². The van der Waals surface area contributed by atoms with E-state index in [2.05, 4.69) is 58.5 Å². The average molecular weight is 1330 g/mol. The number of hydrogen-bond donors (Lipinski definition) is 14. The van der Waals surface area contributed by atoms with E-state index in [4.69, 9.17) is 15.2 Å². The quantitative estimate of drug-likeness (QED) is 0.0407. The van der Waals surface area contributed by atoms with Crippen LogP contribution in [0.15, 0.2) is 54.6 Å². The van der Waals surface area contributed by atoms with Gasteiger partial charge in [0.2, 0.25) is 71.4 Å². The van der Waals surface area contributed by atoms with Crippen LogP contribution in [0.5, 0.6) is 11.5 Å². The monoisotopic (exact) mass is 1330 g/mol. The Bertz CT molecular complexity index is 2950. The molecule has 17 atom stereocenters. The first-order chi connectivity index (χ1) is 44.4. The third kappa shape index (κ3) is 22.1. The van der Waals surface area contributed by atoms with Crippen LogP contribution in [0.3, 0.4) is 0 Å². The molecule has 2 fully saturated rings. The van der Waals surface area contributed by atoms with Crippen LogP contribution in [0.2, 0.25) is 0 Å². The van der Waals surface area contributed by atoms with E-state index in [1.165, 1.54) is 13.8 Å². The van der Waals surface area contributed by atoms with Gasteiger partial charge in [0, 0.05) is 12.8 Å². The first-order valence-electron chi connectivity index (χ1n) is 32.0. The minimum atomic E-state index is -2.84. The van der Waals surface area contributed by atoms with Gasteiger partial charge in [-0.3, -0.25) is 52.7 Å². The number of alkyl halides is 2. The van der Waals surface area contributed by atoms with E-state index >= 15 is 0 Å². The van der Waals surface area contributed by atoms with Gasteiger partial charge in [-0.15, -0.1) is 0 Å². The molecule has 30 heteroatoms. The molecule has 522 valence electrons. The molecule has 2 aromatic carbocycles. The number of halogens is 2. The van der Waals surface area contributed by atoms with Gasteiger partial charge in [-0.2, -0.15) is 0 Å². The zero-order chi connectivity index (χ0) is 70.3. The molecule has 1 heterocycles. The Hall–Kier alpha value is -8.38. The smallest absolute Gasteiger partial charge is 0.329 e. The first-order valence-corrected chi connectivity index (χ1v) is 32.0. The van der Waals surface area contributed by atoms with Gasteiger partial charge in [-0.1, -0.05) is 111 Å². The van der Waals surface area contributed by atoms with E-state index in [0.29, 0.717) is 24.3 Å². The Kier molecular flexibility index (Phi) is 30.6. The molecular weight excluding hydrogens is 1230 g/mol. The van der Waals surface area contributed by atoms with Gasteiger partial charge in [0.05, 0.1) is 19.3 Å². The SMILES string of the molecule is CC[C@H](C)[C@H](NC(=O)[C@@H](Cc1ccc(Oc2ccccc2)cc1)NC)C(=O)N[C@@H](CO)C(=O)N[C@H](CCC(N)=O)C(=O)N[C@@H](C(=O)N[C@H](C(=O)N[C@@H](CO)C(=O)N[C@H]1C(=O)N[C@@H](C)C(=O)N[C@@]2(C[C@H]2CC(F)F)C(=O)N[C@@H]([C@@H](C)CC)C(=O)O[C@H]1C)[C@@H](C)CC)[C@@H](C)CC. The Labute approximate surface area is 546 Å². The molecule has 1 aliphatic carbocycles. The maximum Gasteiger partial charge on any atom is 0.329 e. The summed E-state index contributed by atoms with van der Waals surface area (Å²) in [4.78, 5) is 166. The van der Waals surface area contributed by atoms with Gasteiger partial charge in [0.1, 0.15) is 77.5 Å². The van der Waals surface area contributed by atoms with Gasteiger partial charge in [-0.25, -0.2) is 13.6 Å². The molecule has 11 amide bonds. The second-order valence-corrected chi connectivity index (χ2v) is 24.5. The number of primary amides is 1. The topological polar surface area (TPSA) is 422 Å². The number of aliphatic hydroxyl groups is 2. The van der Waals surface area contributed by atoms with Gasteiger partial charge in [0.15, 0.2) is 0 Å². The van der Waals surface area contributed by atoms with Crippen molar-refractivity contribution < 1.29 is 86.0 Å². The van der Waals surface area contributed by atoms with Crippen molar-refractivity contribution in [3.8, 4) is 11.5 Å². The van der Waals surface area contributed by atoms with E-state index in [1.807, 2.05) is 30.3 Å². The number of nitrogens with one attached hydrogen (secondary N) is 11. The highest BCUT2D eigenvalue weighted by Crippen LogP contribution is 2.48. The van der Waals surface area contributed by atoms with E-state index < -0.39 is 212 Å². The summed E-state index contributed by atoms with van der Waals surface area (Å²) >= 11 is 0. The molecule has 28 nitrogen and oxygen atoms in total. The van der Waals surface area contributed by atoms with Crippen molar-refractivity contribution in [1.82, 2.24) is 58.5 Å². The molecule has 4 rings (SSSR count). The van der Waals surface area contributed by atoms with E-state index in [9.17, 15) is 76.5 Å². The average Bonchev–Trinajstić information content (AvgIpc) is 1.58. The summed E-state index contributed by atoms with van der Waals surface area (Å²) in [5.41, 5.74) is 4.40. The normalized spacial score (nSPS) is 22.6. The third-order valence-electron chi connectivity index (χ3n) is 17.5. The molecule has 1 aliphatic heterocycles. The Balaban J connectivity index is 1.50. The molecule has 2 aliphatic rings. The first kappa shape index (κ1) is 78.1. The molecule has 2 aromatic rings. The number of amides is 11. The molecule has 0 radical (unpaired) electrons. The van der Waals surface area contributed by atoms with Gasteiger partial charge < -0.3 is 83.9 Å². The fourth-order valence-corrected chi connectivity index (χ4v) is 10.4. The van der Waals surface area contributed by atoms with Gasteiger partial charge in [-0.05, 0) is 99.6 Å². The predicted octanol–water partition coefficient (Wildman–Crippen LogP) is -0.0976. The van der Waals surface area contributed by atoms with Crippen molar-refractivity contribution in [2.75, 3.05) is 20.3 Å². The summed E-state index contributed by atoms with van der Waals surface area (Å²) in [6.45, 7) is 13.7. The van der Waals surface area contributed by atoms with Gasteiger partial charge >= 0.3 is 5.97 Å². The van der Waals surface area contributed by atoms with Crippen molar-refractivity contribution in [3.05, 3.63) is 60.2 Å². The minimum Gasteiger partial charge on any atom is -0.458 e. The van der Waals surface area contributed by atoms with E-state index in [1.54, 1.807) is 86.7 Å². The summed E-state index contributed by atoms with van der Waals surface area (Å²) in [5, 5.41) is 49.0. The number of rotatable bonds is 34. The zero-order valence-corrected chi connectivity index (χ0v) is 55.2. The molecule has 0 bridgehead atoms. The standard InChI is InChI=1S/C64H96F2N12O16/c1-12-32(5)48(74-55(84)43(68-11)27-38-21-23-41(24-22-38)94-40-19-17-16-18-20-40)58(87)71-44(30-79)56(85)70-42(25-26-47(67)81)54(83)73-50(34(7)14-3)60(89)75-49(33(6)13-2)59(88)72-45(31-80)57(86)76-52-37(10)93-62(91)51(35(8)15-4)77-63(92)64(29-39(64)28-46(65)66)78-53(82)36(9)69-61(52)90/h16-24,32-37,39,42-46,48-52,68,79-80H,12-15,25-31H2,1-11H3,(H2,67,81)(H,69,90)(H,70,85)(H,71,87)(H,72,88)(H,73,83)(H,74,84)(H,75,89)(H,76,86)(H,77,92)(H,78,82)/t32-,33-,34-,35-,36-,37-,39+,42+,43+,44-,45-,48-,49-,50+,51-,52+,64+/m0/s1. The van der Waals surface area contributed by atoms with Crippen LogP contribution in [0, 0.1) is 29.6 Å². The summed E-state index contributed by atoms with van der Waals surface area (Å²) in [6.07, 6.45) is -4.88. The molecule has 0 unspecified atom stereocenters. The number of hydrogen-bond acceptors (Lipinski definition) is 17. The van der Waals surface area contributed by atoms with Crippen LogP contribution < -0.4 is 69.0 Å². The number of aliphatic hydroxyl groups excluding tert-OH is 2. The number of ether oxygens (including phenoxy) is 2. The second-order valence-electron chi connectivity index (χ2n) is 24.5. The second kappa shape index (κ2) is 36.9. The highest BCUT2D eigenvalue weighted by molar-refractivity contribution is 6.01. The molecule has 0 aromatic heterocycles. The maximum absolute atomic E-state index is 14.4. The number of esters is 1. The Morgan fingerprint density at radius 1 is 0.638 bits per heavy atom. The molecule has 1 spiro atoms. The van der Waals surface area contributed by atoms with E-state index in [-0.39, 0.29) is 25.7 Å². The number of para-hydroxylation sites is 1. The van der Waals surface area contributed by atoms with Crippen LogP contribution in [0.1, 0.15) is 126 Å². The number of benzene rings is 2. The van der Waals surface area contributed by atoms with E-state index in [0.717, 1.165) is 5.56 Å². The predicted molar refractivity (Wildman–Crippen MR) is 338 cm³/mol. The van der Waals surface area contributed by atoms with Crippen molar-refractivity contribution in [1.29, 1.82) is 0 Å². The summed E-state index contributed by atoms with van der Waals surface area (Å²) < 4.78 is 38.7. The maximum atomic E-state index is 14.4. The minimum absolute atomic E-state index is 0.187. The lowest BCUT2D eigenvalue weighted by Crippen LogP contribution is -2.63.